The second-order valence-corrected chi connectivity index (χ2v) is 2.93. The molecule has 0 amide bonds. The van der Waals surface area contributed by atoms with E-state index in [0.717, 1.165) is 12.0 Å². The summed E-state index contributed by atoms with van der Waals surface area (Å²) < 4.78 is 0. The van der Waals surface area contributed by atoms with E-state index < -0.39 is 0 Å². The Morgan fingerprint density at radius 2 is 2.25 bits per heavy atom. The SMILES string of the molecule is N=C(N)c1ccc2c(c1)C=CC2. The summed E-state index contributed by atoms with van der Waals surface area (Å²) in [7, 11) is 0. The van der Waals surface area contributed by atoms with Gasteiger partial charge in [0.25, 0.3) is 0 Å². The Hall–Kier alpha value is -1.57. The molecule has 0 heterocycles. The lowest BCUT2D eigenvalue weighted by Gasteiger charge is -2.01. The van der Waals surface area contributed by atoms with Crippen LogP contribution < -0.4 is 5.73 Å². The average molecular weight is 158 g/mol. The van der Waals surface area contributed by atoms with E-state index >= 15 is 0 Å². The average Bonchev–Trinajstić information content (AvgIpc) is 2.49. The van der Waals surface area contributed by atoms with Crippen molar-refractivity contribution >= 4 is 11.9 Å². The number of hydrogen-bond donors (Lipinski definition) is 2. The van der Waals surface area contributed by atoms with Crippen LogP contribution in [0, 0.1) is 5.41 Å². The van der Waals surface area contributed by atoms with Gasteiger partial charge in [-0.15, -0.1) is 0 Å². The summed E-state index contributed by atoms with van der Waals surface area (Å²) in [6.45, 7) is 0. The van der Waals surface area contributed by atoms with Crippen LogP contribution in [0.25, 0.3) is 6.08 Å². The van der Waals surface area contributed by atoms with Gasteiger partial charge in [0.2, 0.25) is 0 Å². The quantitative estimate of drug-likeness (QED) is 0.472. The van der Waals surface area contributed by atoms with Crippen molar-refractivity contribution in [2.24, 2.45) is 5.73 Å². The van der Waals surface area contributed by atoms with Gasteiger partial charge in [-0.2, -0.15) is 0 Å². The van der Waals surface area contributed by atoms with Gasteiger partial charge in [-0.05, 0) is 23.6 Å². The smallest absolute Gasteiger partial charge is 0.122 e. The van der Waals surface area contributed by atoms with Gasteiger partial charge in [0.1, 0.15) is 5.84 Å². The summed E-state index contributed by atoms with van der Waals surface area (Å²) in [5.41, 5.74) is 8.69. The number of nitrogens with one attached hydrogen (secondary N) is 1. The van der Waals surface area contributed by atoms with E-state index in [1.54, 1.807) is 0 Å². The number of rotatable bonds is 1. The molecule has 1 aromatic carbocycles. The molecule has 0 saturated heterocycles. The zero-order valence-corrected chi connectivity index (χ0v) is 6.67. The first kappa shape index (κ1) is 7.10. The number of benzene rings is 1. The highest BCUT2D eigenvalue weighted by Gasteiger charge is 2.05. The highest BCUT2D eigenvalue weighted by atomic mass is 14.7. The van der Waals surface area contributed by atoms with Gasteiger partial charge in [0.15, 0.2) is 0 Å². The van der Waals surface area contributed by atoms with E-state index in [4.69, 9.17) is 11.1 Å². The maximum Gasteiger partial charge on any atom is 0.122 e. The molecule has 60 valence electrons. The molecule has 12 heavy (non-hydrogen) atoms. The van der Waals surface area contributed by atoms with Crippen LogP contribution in [0.2, 0.25) is 0 Å². The Kier molecular flexibility index (Phi) is 1.47. The van der Waals surface area contributed by atoms with Crippen molar-refractivity contribution in [1.29, 1.82) is 5.41 Å². The van der Waals surface area contributed by atoms with E-state index in [9.17, 15) is 0 Å². The van der Waals surface area contributed by atoms with Crippen molar-refractivity contribution in [3.8, 4) is 0 Å². The second-order valence-electron chi connectivity index (χ2n) is 2.93. The molecule has 0 spiro atoms. The lowest BCUT2D eigenvalue weighted by Crippen LogP contribution is -2.11. The molecule has 0 aliphatic heterocycles. The molecule has 2 rings (SSSR count). The first-order valence-corrected chi connectivity index (χ1v) is 3.91. The monoisotopic (exact) mass is 158 g/mol. The van der Waals surface area contributed by atoms with Crippen molar-refractivity contribution in [2.45, 2.75) is 6.42 Å². The summed E-state index contributed by atoms with van der Waals surface area (Å²) in [6.07, 6.45) is 5.20. The molecule has 1 aliphatic carbocycles. The predicted molar refractivity (Wildman–Crippen MR) is 50.2 cm³/mol. The van der Waals surface area contributed by atoms with E-state index in [1.165, 1.54) is 11.1 Å². The van der Waals surface area contributed by atoms with E-state index in [2.05, 4.69) is 12.2 Å². The molecule has 0 radical (unpaired) electrons. The highest BCUT2D eigenvalue weighted by Crippen LogP contribution is 2.20. The molecule has 0 fully saturated rings. The first-order valence-electron chi connectivity index (χ1n) is 3.91. The normalized spacial score (nSPS) is 13.0. The van der Waals surface area contributed by atoms with Gasteiger partial charge in [0, 0.05) is 5.56 Å². The van der Waals surface area contributed by atoms with Crippen molar-refractivity contribution < 1.29 is 0 Å². The van der Waals surface area contributed by atoms with E-state index in [0.29, 0.717) is 0 Å². The van der Waals surface area contributed by atoms with Crippen molar-refractivity contribution in [2.75, 3.05) is 0 Å². The molecule has 0 aromatic heterocycles. The molecule has 0 bridgehead atoms. The molecule has 0 unspecified atom stereocenters. The third-order valence-corrected chi connectivity index (χ3v) is 2.09. The summed E-state index contributed by atoms with van der Waals surface area (Å²) in [5.74, 6) is 0.137. The van der Waals surface area contributed by atoms with Crippen LogP contribution in [-0.4, -0.2) is 5.84 Å². The maximum atomic E-state index is 7.25. The lowest BCUT2D eigenvalue weighted by atomic mass is 10.1. The van der Waals surface area contributed by atoms with Gasteiger partial charge < -0.3 is 5.73 Å². The first-order chi connectivity index (χ1) is 5.77. The van der Waals surface area contributed by atoms with Crippen LogP contribution in [-0.2, 0) is 6.42 Å². The molecule has 2 nitrogen and oxygen atoms in total. The Morgan fingerprint density at radius 1 is 1.42 bits per heavy atom. The van der Waals surface area contributed by atoms with Gasteiger partial charge in [-0.25, -0.2) is 0 Å². The molecule has 2 heteroatoms. The van der Waals surface area contributed by atoms with Crippen LogP contribution >= 0.6 is 0 Å². The van der Waals surface area contributed by atoms with Gasteiger partial charge >= 0.3 is 0 Å². The van der Waals surface area contributed by atoms with E-state index in [-0.39, 0.29) is 5.84 Å². The number of nitrogens with two attached hydrogens (primary N) is 1. The number of nitrogen functional groups attached to an aromatic ring is 1. The minimum absolute atomic E-state index is 0.137. The minimum atomic E-state index is 0.137. The predicted octanol–water partition coefficient (Wildman–Crippen LogP) is 1.54. The summed E-state index contributed by atoms with van der Waals surface area (Å²) in [4.78, 5) is 0. The van der Waals surface area contributed by atoms with Crippen LogP contribution in [0.5, 0.6) is 0 Å². The number of amidine groups is 1. The fourth-order valence-electron chi connectivity index (χ4n) is 1.42. The second kappa shape index (κ2) is 2.48. The van der Waals surface area contributed by atoms with Crippen molar-refractivity contribution in [1.82, 2.24) is 0 Å². The van der Waals surface area contributed by atoms with Gasteiger partial charge in [-0.1, -0.05) is 24.3 Å². The Balaban J connectivity index is 2.51. The number of allylic oxidation sites excluding steroid dienone is 1. The lowest BCUT2D eigenvalue weighted by molar-refractivity contribution is 1.30. The Labute approximate surface area is 71.2 Å². The van der Waals surface area contributed by atoms with Crippen LogP contribution in [0.4, 0.5) is 0 Å². The zero-order chi connectivity index (χ0) is 8.55. The summed E-state index contributed by atoms with van der Waals surface area (Å²) in [5, 5.41) is 7.25. The standard InChI is InChI=1S/C10H10N2/c11-10(12)9-5-4-7-2-1-3-8(7)6-9/h1,3-6H,2H2,(H3,11,12). The highest BCUT2D eigenvalue weighted by molar-refractivity contribution is 5.95. The van der Waals surface area contributed by atoms with Crippen molar-refractivity contribution in [3.05, 3.63) is 41.0 Å². The summed E-state index contributed by atoms with van der Waals surface area (Å²) in [6, 6.07) is 5.89. The Bertz CT molecular complexity index is 364. The van der Waals surface area contributed by atoms with Crippen LogP contribution in [0.15, 0.2) is 24.3 Å². The minimum Gasteiger partial charge on any atom is -0.384 e. The van der Waals surface area contributed by atoms with Gasteiger partial charge in [0.05, 0.1) is 0 Å². The Morgan fingerprint density at radius 3 is 3.00 bits per heavy atom. The maximum absolute atomic E-state index is 7.25. The number of fused-ring (bicyclic) bond motifs is 1. The van der Waals surface area contributed by atoms with Gasteiger partial charge in [-0.3, -0.25) is 5.41 Å². The number of hydrogen-bond acceptors (Lipinski definition) is 1. The topological polar surface area (TPSA) is 49.9 Å². The fourth-order valence-corrected chi connectivity index (χ4v) is 1.42. The molecular weight excluding hydrogens is 148 g/mol. The largest absolute Gasteiger partial charge is 0.384 e. The molecule has 3 N–H and O–H groups in total. The molecular formula is C10H10N2. The molecule has 0 saturated carbocycles. The van der Waals surface area contributed by atoms with E-state index in [1.807, 2.05) is 18.2 Å². The molecule has 0 atom stereocenters. The van der Waals surface area contributed by atoms with Crippen molar-refractivity contribution in [3.63, 3.8) is 0 Å². The van der Waals surface area contributed by atoms with Crippen LogP contribution in [0.3, 0.4) is 0 Å². The third kappa shape index (κ3) is 1.01. The van der Waals surface area contributed by atoms with Crippen LogP contribution in [0.1, 0.15) is 16.7 Å². The molecule has 1 aliphatic rings. The third-order valence-electron chi connectivity index (χ3n) is 2.09. The zero-order valence-electron chi connectivity index (χ0n) is 6.67. The fraction of sp³-hybridized carbons (Fsp3) is 0.100. The summed E-state index contributed by atoms with van der Waals surface area (Å²) >= 11 is 0. The molecule has 1 aromatic rings.